The maximum absolute atomic E-state index is 5.66. The van der Waals surface area contributed by atoms with Crippen LogP contribution in [0.3, 0.4) is 0 Å². The summed E-state index contributed by atoms with van der Waals surface area (Å²) in [5, 5.41) is 4.34. The van der Waals surface area contributed by atoms with E-state index in [2.05, 4.69) is 56.2 Å². The Hall–Kier alpha value is -0.630. The van der Waals surface area contributed by atoms with Crippen LogP contribution in [0, 0.1) is 0 Å². The Labute approximate surface area is 122 Å². The van der Waals surface area contributed by atoms with Gasteiger partial charge in [0.15, 0.2) is 4.67 Å². The molecule has 0 radical (unpaired) electrons. The van der Waals surface area contributed by atoms with E-state index in [-0.39, 0.29) is 12.1 Å². The predicted octanol–water partition coefficient (Wildman–Crippen LogP) is 3.13. The smallest absolute Gasteiger partial charge is 0.169 e. The van der Waals surface area contributed by atoms with Gasteiger partial charge in [-0.1, -0.05) is 0 Å². The van der Waals surface area contributed by atoms with Crippen molar-refractivity contribution in [3.8, 4) is 0 Å². The minimum absolute atomic E-state index is 0.237. The lowest BCUT2D eigenvalue weighted by molar-refractivity contribution is 0.406. The molecule has 2 aromatic rings. The van der Waals surface area contributed by atoms with Crippen LogP contribution in [0.4, 0.5) is 0 Å². The first-order valence-corrected chi connectivity index (χ1v) is 7.07. The lowest BCUT2D eigenvalue weighted by Gasteiger charge is -2.18. The van der Waals surface area contributed by atoms with Crippen molar-refractivity contribution in [3.63, 3.8) is 0 Å². The van der Waals surface area contributed by atoms with E-state index in [4.69, 9.17) is 10.3 Å². The van der Waals surface area contributed by atoms with Gasteiger partial charge in [0.25, 0.3) is 0 Å². The van der Waals surface area contributed by atoms with Gasteiger partial charge in [0, 0.05) is 6.04 Å². The molecule has 0 amide bonds. The summed E-state index contributed by atoms with van der Waals surface area (Å²) in [4.78, 5) is 0. The second-order valence-electron chi connectivity index (χ2n) is 4.16. The fourth-order valence-electron chi connectivity index (χ4n) is 1.81. The summed E-state index contributed by atoms with van der Waals surface area (Å²) in [5.74, 6) is 6.39. The van der Waals surface area contributed by atoms with Gasteiger partial charge in [0.05, 0.1) is 16.4 Å². The van der Waals surface area contributed by atoms with E-state index in [0.717, 1.165) is 15.9 Å². The molecule has 0 saturated heterocycles. The van der Waals surface area contributed by atoms with E-state index in [9.17, 15) is 0 Å². The summed E-state index contributed by atoms with van der Waals surface area (Å²) in [6.45, 7) is 4.13. The third kappa shape index (κ3) is 2.54. The van der Waals surface area contributed by atoms with Crippen molar-refractivity contribution >= 4 is 31.9 Å². The first-order valence-electron chi connectivity index (χ1n) is 5.48. The largest absolute Gasteiger partial charge is 0.452 e. The summed E-state index contributed by atoms with van der Waals surface area (Å²) in [6.07, 6.45) is 1.76. The highest BCUT2D eigenvalue weighted by molar-refractivity contribution is 9.10. The van der Waals surface area contributed by atoms with Crippen LogP contribution in [0.1, 0.15) is 37.4 Å². The number of nitrogens with two attached hydrogens (primary N) is 1. The molecule has 5 nitrogen and oxygen atoms in total. The molecule has 0 aromatic carbocycles. The third-order valence-electron chi connectivity index (χ3n) is 2.59. The molecule has 1 atom stereocenters. The van der Waals surface area contributed by atoms with Gasteiger partial charge < -0.3 is 4.42 Å². The number of aromatic nitrogens is 2. The first kappa shape index (κ1) is 13.8. The number of furan rings is 1. The summed E-state index contributed by atoms with van der Waals surface area (Å²) >= 11 is 6.79. The highest BCUT2D eigenvalue weighted by Gasteiger charge is 2.24. The van der Waals surface area contributed by atoms with Gasteiger partial charge in [-0.15, -0.1) is 0 Å². The Bertz CT molecular complexity index is 535. The molecule has 3 N–H and O–H groups in total. The Balaban J connectivity index is 2.47. The second-order valence-corrected chi connectivity index (χ2v) is 5.79. The fraction of sp³-hybridized carbons (Fsp3) is 0.364. The SMILES string of the molecule is CC(C)n1ncc(Br)c1C(NN)c1ccc(Br)o1. The first-order chi connectivity index (χ1) is 8.54. The molecular formula is C11H14Br2N4O. The van der Waals surface area contributed by atoms with Gasteiger partial charge in [-0.05, 0) is 57.8 Å². The number of hydrazine groups is 1. The summed E-state index contributed by atoms with van der Waals surface area (Å²) in [7, 11) is 0. The lowest BCUT2D eigenvalue weighted by atomic mass is 10.1. The Morgan fingerprint density at radius 1 is 1.39 bits per heavy atom. The molecule has 0 aliphatic heterocycles. The highest BCUT2D eigenvalue weighted by Crippen LogP contribution is 2.31. The van der Waals surface area contributed by atoms with Crippen LogP contribution in [-0.4, -0.2) is 9.78 Å². The van der Waals surface area contributed by atoms with Crippen molar-refractivity contribution in [2.24, 2.45) is 5.84 Å². The van der Waals surface area contributed by atoms with Gasteiger partial charge >= 0.3 is 0 Å². The molecule has 0 bridgehead atoms. The minimum atomic E-state index is -0.254. The third-order valence-corrected chi connectivity index (χ3v) is 3.63. The van der Waals surface area contributed by atoms with Crippen LogP contribution >= 0.6 is 31.9 Å². The van der Waals surface area contributed by atoms with Crippen LogP contribution < -0.4 is 11.3 Å². The molecule has 0 saturated carbocycles. The van der Waals surface area contributed by atoms with Gasteiger partial charge in [0.1, 0.15) is 11.8 Å². The Kier molecular flexibility index (Phi) is 4.26. The molecule has 7 heteroatoms. The fourth-order valence-corrected chi connectivity index (χ4v) is 2.63. The topological polar surface area (TPSA) is 69.0 Å². The normalized spacial score (nSPS) is 13.2. The number of nitrogens with one attached hydrogen (secondary N) is 1. The quantitative estimate of drug-likeness (QED) is 0.634. The Morgan fingerprint density at radius 2 is 2.11 bits per heavy atom. The molecule has 2 aromatic heterocycles. The maximum atomic E-state index is 5.66. The summed E-state index contributed by atoms with van der Waals surface area (Å²) in [5.41, 5.74) is 3.70. The second kappa shape index (κ2) is 5.56. The van der Waals surface area contributed by atoms with Crippen molar-refractivity contribution in [1.29, 1.82) is 0 Å². The van der Waals surface area contributed by atoms with E-state index >= 15 is 0 Å². The highest BCUT2D eigenvalue weighted by atomic mass is 79.9. The van der Waals surface area contributed by atoms with E-state index in [1.807, 2.05) is 16.8 Å². The number of nitrogens with zero attached hydrogens (tertiary/aromatic N) is 2. The van der Waals surface area contributed by atoms with Crippen LogP contribution in [-0.2, 0) is 0 Å². The number of rotatable bonds is 4. The van der Waals surface area contributed by atoms with Crippen molar-refractivity contribution in [1.82, 2.24) is 15.2 Å². The molecular weight excluding hydrogens is 364 g/mol. The molecule has 0 aliphatic carbocycles. The van der Waals surface area contributed by atoms with Gasteiger partial charge in [-0.25, -0.2) is 5.43 Å². The number of halogens is 2. The number of hydrogen-bond donors (Lipinski definition) is 2. The predicted molar refractivity (Wildman–Crippen MR) is 75.9 cm³/mol. The van der Waals surface area contributed by atoms with E-state index in [0.29, 0.717) is 4.67 Å². The monoisotopic (exact) mass is 376 g/mol. The zero-order chi connectivity index (χ0) is 13.3. The van der Waals surface area contributed by atoms with E-state index in [1.165, 1.54) is 0 Å². The van der Waals surface area contributed by atoms with Crippen LogP contribution in [0.25, 0.3) is 0 Å². The molecule has 2 heterocycles. The summed E-state index contributed by atoms with van der Waals surface area (Å²) in [6, 6.07) is 3.69. The van der Waals surface area contributed by atoms with E-state index in [1.54, 1.807) is 6.20 Å². The summed E-state index contributed by atoms with van der Waals surface area (Å²) < 4.78 is 9.04. The molecule has 0 fully saturated rings. The van der Waals surface area contributed by atoms with Crippen molar-refractivity contribution in [3.05, 3.63) is 38.9 Å². The molecule has 0 spiro atoms. The average molecular weight is 378 g/mol. The van der Waals surface area contributed by atoms with Crippen molar-refractivity contribution in [2.45, 2.75) is 25.9 Å². The zero-order valence-electron chi connectivity index (χ0n) is 10.0. The van der Waals surface area contributed by atoms with Crippen LogP contribution in [0.5, 0.6) is 0 Å². The molecule has 98 valence electrons. The average Bonchev–Trinajstić information content (AvgIpc) is 2.88. The van der Waals surface area contributed by atoms with Crippen molar-refractivity contribution < 1.29 is 4.42 Å². The van der Waals surface area contributed by atoms with Crippen LogP contribution in [0.2, 0.25) is 0 Å². The molecule has 18 heavy (non-hydrogen) atoms. The van der Waals surface area contributed by atoms with E-state index < -0.39 is 0 Å². The van der Waals surface area contributed by atoms with Gasteiger partial charge in [0.2, 0.25) is 0 Å². The van der Waals surface area contributed by atoms with Gasteiger partial charge in [-0.3, -0.25) is 10.5 Å². The molecule has 0 aliphatic rings. The minimum Gasteiger partial charge on any atom is -0.452 e. The lowest BCUT2D eigenvalue weighted by Crippen LogP contribution is -2.31. The number of hydrogen-bond acceptors (Lipinski definition) is 4. The standard InChI is InChI=1S/C11H14Br2N4O/c1-6(2)17-11(7(12)5-15-17)10(16-14)8-3-4-9(13)18-8/h3-6,10,16H,14H2,1-2H3. The van der Waals surface area contributed by atoms with Gasteiger partial charge in [-0.2, -0.15) is 5.10 Å². The Morgan fingerprint density at radius 3 is 2.61 bits per heavy atom. The van der Waals surface area contributed by atoms with Crippen LogP contribution in [0.15, 0.2) is 31.9 Å². The molecule has 2 rings (SSSR count). The van der Waals surface area contributed by atoms with Crippen molar-refractivity contribution in [2.75, 3.05) is 0 Å². The maximum Gasteiger partial charge on any atom is 0.169 e. The molecule has 1 unspecified atom stereocenters. The zero-order valence-corrected chi connectivity index (χ0v) is 13.2.